The van der Waals surface area contributed by atoms with Gasteiger partial charge in [0.25, 0.3) is 11.8 Å². The highest BCUT2D eigenvalue weighted by atomic mass is 19.1. The Bertz CT molecular complexity index is 1080. The Morgan fingerprint density at radius 2 is 1.91 bits per heavy atom. The van der Waals surface area contributed by atoms with E-state index in [9.17, 15) is 18.8 Å². The summed E-state index contributed by atoms with van der Waals surface area (Å²) in [6.07, 6.45) is 1.26. The minimum atomic E-state index is -0.626. The van der Waals surface area contributed by atoms with E-state index in [1.807, 2.05) is 18.4 Å². The zero-order valence-corrected chi connectivity index (χ0v) is 19.7. The maximum absolute atomic E-state index is 13.5. The molecule has 4 rings (SSSR count). The fourth-order valence-corrected chi connectivity index (χ4v) is 4.76. The Kier molecular flexibility index (Phi) is 7.02. The van der Waals surface area contributed by atoms with Crippen molar-refractivity contribution >= 4 is 17.8 Å². The maximum atomic E-state index is 13.5. The highest BCUT2D eigenvalue weighted by molar-refractivity contribution is 6.02. The average molecular weight is 472 g/mol. The summed E-state index contributed by atoms with van der Waals surface area (Å²) in [6.45, 7) is 5.47. The van der Waals surface area contributed by atoms with Crippen LogP contribution in [0.4, 0.5) is 4.39 Å². The molecule has 2 aliphatic heterocycles. The number of carbonyl (C=O) groups is 3. The van der Waals surface area contributed by atoms with Gasteiger partial charge in [-0.2, -0.15) is 0 Å². The molecule has 1 saturated heterocycles. The Morgan fingerprint density at radius 1 is 1.18 bits per heavy atom. The number of esters is 1. The fraction of sp³-hybridized carbons (Fsp3) is 0.480. The number of methoxy groups -OCH3 is 1. The Morgan fingerprint density at radius 3 is 2.59 bits per heavy atom. The number of halogens is 1. The lowest BCUT2D eigenvalue weighted by molar-refractivity contribution is -0.145. The van der Waals surface area contributed by atoms with Crippen LogP contribution in [0.15, 0.2) is 30.3 Å². The molecule has 0 unspecified atom stereocenters. The van der Waals surface area contributed by atoms with Crippen molar-refractivity contribution in [2.75, 3.05) is 20.3 Å². The normalized spacial score (nSPS) is 18.5. The van der Waals surface area contributed by atoms with Crippen molar-refractivity contribution in [2.45, 2.75) is 51.9 Å². The van der Waals surface area contributed by atoms with E-state index in [1.54, 1.807) is 18.2 Å². The van der Waals surface area contributed by atoms with Gasteiger partial charge in [-0.15, -0.1) is 0 Å². The molecule has 9 heteroatoms. The van der Waals surface area contributed by atoms with Gasteiger partial charge in [0.05, 0.1) is 37.6 Å². The largest absolute Gasteiger partial charge is 0.467 e. The summed E-state index contributed by atoms with van der Waals surface area (Å²) in [6, 6.07) is 6.71. The van der Waals surface area contributed by atoms with Gasteiger partial charge in [-0.25, -0.2) is 9.18 Å². The second-order valence-corrected chi connectivity index (χ2v) is 9.02. The van der Waals surface area contributed by atoms with Crippen LogP contribution >= 0.6 is 0 Å². The predicted octanol–water partition coefficient (Wildman–Crippen LogP) is 3.06. The number of rotatable bonds is 6. The van der Waals surface area contributed by atoms with Gasteiger partial charge < -0.3 is 24.3 Å². The molecule has 0 radical (unpaired) electrons. The molecule has 2 amide bonds. The predicted molar refractivity (Wildman–Crippen MR) is 122 cm³/mol. The highest BCUT2D eigenvalue weighted by Crippen LogP contribution is 2.28. The van der Waals surface area contributed by atoms with Crippen molar-refractivity contribution in [3.05, 3.63) is 58.7 Å². The Hall–Kier alpha value is -3.20. The van der Waals surface area contributed by atoms with Crippen molar-refractivity contribution in [3.63, 3.8) is 0 Å². The molecule has 1 aromatic heterocycles. The van der Waals surface area contributed by atoms with Crippen LogP contribution in [0.1, 0.15) is 64.8 Å². The molecule has 1 N–H and O–H groups in total. The van der Waals surface area contributed by atoms with Crippen molar-refractivity contribution in [2.24, 2.45) is 5.92 Å². The molecule has 0 aliphatic carbocycles. The molecule has 0 spiro atoms. The number of fused-ring (bicyclic) bond motifs is 1. The van der Waals surface area contributed by atoms with Crippen LogP contribution in [0.3, 0.4) is 0 Å². The van der Waals surface area contributed by atoms with Crippen LogP contribution in [0, 0.1) is 11.7 Å². The third-order valence-corrected chi connectivity index (χ3v) is 6.54. The summed E-state index contributed by atoms with van der Waals surface area (Å²) in [5.41, 5.74) is 2.15. The third kappa shape index (κ3) is 4.57. The van der Waals surface area contributed by atoms with E-state index in [4.69, 9.17) is 9.47 Å². The number of likely N-dealkylation sites (tertiary alicyclic amines) is 1. The van der Waals surface area contributed by atoms with Crippen LogP contribution in [-0.4, -0.2) is 53.6 Å². The van der Waals surface area contributed by atoms with Crippen molar-refractivity contribution in [1.82, 2.24) is 14.8 Å². The van der Waals surface area contributed by atoms with E-state index in [1.165, 1.54) is 24.1 Å². The first-order valence-corrected chi connectivity index (χ1v) is 11.6. The van der Waals surface area contributed by atoms with Gasteiger partial charge in [-0.1, -0.05) is 26.0 Å². The summed E-state index contributed by atoms with van der Waals surface area (Å²) in [7, 11) is 1.31. The zero-order chi connectivity index (χ0) is 24.4. The van der Waals surface area contributed by atoms with Crippen LogP contribution in [-0.2, 0) is 27.4 Å². The van der Waals surface area contributed by atoms with Crippen LogP contribution < -0.4 is 5.32 Å². The van der Waals surface area contributed by atoms with E-state index in [2.05, 4.69) is 5.32 Å². The number of hydrogen-bond donors (Lipinski definition) is 1. The molecule has 1 fully saturated rings. The lowest BCUT2D eigenvalue weighted by Gasteiger charge is -2.25. The van der Waals surface area contributed by atoms with Crippen LogP contribution in [0.2, 0.25) is 0 Å². The quantitative estimate of drug-likeness (QED) is 0.654. The third-order valence-electron chi connectivity index (χ3n) is 6.54. The van der Waals surface area contributed by atoms with Crippen molar-refractivity contribution in [3.8, 4) is 0 Å². The highest BCUT2D eigenvalue weighted by Gasteiger charge is 2.38. The summed E-state index contributed by atoms with van der Waals surface area (Å²) in [4.78, 5) is 40.5. The first kappa shape index (κ1) is 23.9. The fourth-order valence-electron chi connectivity index (χ4n) is 4.76. The maximum Gasteiger partial charge on any atom is 0.328 e. The molecule has 8 nitrogen and oxygen atoms in total. The van der Waals surface area contributed by atoms with Gasteiger partial charge in [0.1, 0.15) is 17.6 Å². The van der Waals surface area contributed by atoms with Crippen LogP contribution in [0.25, 0.3) is 0 Å². The van der Waals surface area contributed by atoms with Crippen molar-refractivity contribution < 1.29 is 28.2 Å². The van der Waals surface area contributed by atoms with E-state index in [0.717, 1.165) is 5.56 Å². The molecule has 0 bridgehead atoms. The molecular weight excluding hydrogens is 441 g/mol. The van der Waals surface area contributed by atoms with Crippen molar-refractivity contribution in [1.29, 1.82) is 0 Å². The molecule has 2 aromatic rings. The van der Waals surface area contributed by atoms with Gasteiger partial charge >= 0.3 is 5.97 Å². The molecule has 2 aliphatic rings. The Balaban J connectivity index is 1.64. The van der Waals surface area contributed by atoms with Crippen LogP contribution in [0.5, 0.6) is 0 Å². The summed E-state index contributed by atoms with van der Waals surface area (Å²) >= 11 is 0. The number of hydrogen-bond acceptors (Lipinski definition) is 5. The first-order valence-electron chi connectivity index (χ1n) is 11.6. The number of aromatic nitrogens is 1. The van der Waals surface area contributed by atoms with Gasteiger partial charge in [0, 0.05) is 13.1 Å². The number of nitrogens with zero attached hydrogens (tertiary/aromatic N) is 2. The molecule has 2 atom stereocenters. The lowest BCUT2D eigenvalue weighted by Crippen LogP contribution is -2.41. The average Bonchev–Trinajstić information content (AvgIpc) is 3.47. The minimum Gasteiger partial charge on any atom is -0.467 e. The number of nitrogens with one attached hydrogen (secondary N) is 1. The topological polar surface area (TPSA) is 89.9 Å². The molecule has 0 saturated carbocycles. The van der Waals surface area contributed by atoms with E-state index < -0.39 is 12.0 Å². The first-order chi connectivity index (χ1) is 16.3. The second-order valence-electron chi connectivity index (χ2n) is 9.02. The number of carbonyl (C=O) groups excluding carboxylic acids is 3. The SMILES string of the molecule is COC(=O)[C@H]1CCCN1C(=O)c1cc(C(=O)N[C@@H](c2ccc(F)cc2)C(C)C)n2c1COCC2. The van der Waals surface area contributed by atoms with Gasteiger partial charge in [0.2, 0.25) is 0 Å². The van der Waals surface area contributed by atoms with Gasteiger partial charge in [0.15, 0.2) is 0 Å². The van der Waals surface area contributed by atoms with E-state index in [0.29, 0.717) is 49.5 Å². The smallest absolute Gasteiger partial charge is 0.328 e. The van der Waals surface area contributed by atoms with Gasteiger partial charge in [-0.3, -0.25) is 9.59 Å². The molecule has 3 heterocycles. The van der Waals surface area contributed by atoms with Gasteiger partial charge in [-0.05, 0) is 42.5 Å². The minimum absolute atomic E-state index is 0.0556. The monoisotopic (exact) mass is 471 g/mol. The molecule has 182 valence electrons. The standard InChI is InChI=1S/C25H30FN3O5/c1-15(2)22(16-6-8-17(26)9-7-16)27-23(30)20-13-18(21-14-34-12-11-28(20)21)24(31)29-10-4-5-19(29)25(32)33-3/h6-9,13,15,19,22H,4-5,10-12,14H2,1-3H3,(H,27,30)/t19-,22-/m1/s1. The van der Waals surface area contributed by atoms with E-state index in [-0.39, 0.29) is 36.2 Å². The zero-order valence-electron chi connectivity index (χ0n) is 19.7. The number of amides is 2. The number of ether oxygens (including phenoxy) is 2. The summed E-state index contributed by atoms with van der Waals surface area (Å²) in [5, 5.41) is 3.05. The summed E-state index contributed by atoms with van der Waals surface area (Å²) in [5.74, 6) is -1.35. The molecule has 34 heavy (non-hydrogen) atoms. The molecular formula is C25H30FN3O5. The van der Waals surface area contributed by atoms with E-state index >= 15 is 0 Å². The summed E-state index contributed by atoms with van der Waals surface area (Å²) < 4.78 is 25.7. The number of benzene rings is 1. The Labute approximate surface area is 198 Å². The lowest BCUT2D eigenvalue weighted by atomic mass is 9.96. The second kappa shape index (κ2) is 9.97. The molecule has 1 aromatic carbocycles.